The number of likely N-dealkylation sites (tertiary alicyclic amines) is 1. The third kappa shape index (κ3) is 5.28. The van der Waals surface area contributed by atoms with Crippen LogP contribution in [0.2, 0.25) is 10.0 Å². The van der Waals surface area contributed by atoms with Crippen LogP contribution in [0.4, 0.5) is 4.39 Å². The van der Waals surface area contributed by atoms with Crippen molar-refractivity contribution >= 4 is 34.3 Å². The predicted molar refractivity (Wildman–Crippen MR) is 152 cm³/mol. The van der Waals surface area contributed by atoms with Crippen molar-refractivity contribution in [3.8, 4) is 0 Å². The van der Waals surface area contributed by atoms with E-state index in [2.05, 4.69) is 61.2 Å². The van der Waals surface area contributed by atoms with E-state index in [1.807, 2.05) is 12.1 Å². The summed E-state index contributed by atoms with van der Waals surface area (Å²) in [6, 6.07) is 19.4. The fraction of sp³-hybridized carbons (Fsp3) is 0.375. The van der Waals surface area contributed by atoms with Crippen molar-refractivity contribution in [3.63, 3.8) is 0 Å². The van der Waals surface area contributed by atoms with Crippen LogP contribution in [0.25, 0.3) is 11.1 Å². The van der Waals surface area contributed by atoms with Gasteiger partial charge in [0.1, 0.15) is 0 Å². The van der Waals surface area contributed by atoms with E-state index in [1.165, 1.54) is 44.5 Å². The van der Waals surface area contributed by atoms with Gasteiger partial charge in [0.05, 0.1) is 6.67 Å². The van der Waals surface area contributed by atoms with Crippen LogP contribution in [0.1, 0.15) is 58.2 Å². The molecule has 0 radical (unpaired) electrons. The lowest BCUT2D eigenvalue weighted by Gasteiger charge is -2.40. The molecule has 0 atom stereocenters. The molecule has 3 aromatic rings. The van der Waals surface area contributed by atoms with Gasteiger partial charge >= 0.3 is 0 Å². The molecule has 0 unspecified atom stereocenters. The van der Waals surface area contributed by atoms with E-state index in [4.69, 9.17) is 23.2 Å². The largest absolute Gasteiger partial charge is 0.303 e. The summed E-state index contributed by atoms with van der Waals surface area (Å²) in [6.07, 6.45) is 4.87. The molecule has 1 saturated heterocycles. The van der Waals surface area contributed by atoms with Gasteiger partial charge in [0.15, 0.2) is 0 Å². The molecule has 0 saturated carbocycles. The maximum atomic E-state index is 12.5. The zero-order valence-corrected chi connectivity index (χ0v) is 22.7. The van der Waals surface area contributed by atoms with E-state index in [9.17, 15) is 4.39 Å². The standard InChI is InChI=1S/C32H34Cl2FN/c1-21-15-25(16-22(2)30(21)17-23-19-36(20-23)14-6-13-35)32-27-9-4-3-7-24(27)8-5-10-29(32)28-12-11-26(33)18-31(28)34/h3-4,7,9,11-12,15-16,18,23H,5-6,8,10,13-14,17,19-20H2,1-2H3. The van der Waals surface area contributed by atoms with E-state index in [0.29, 0.717) is 22.4 Å². The molecule has 1 heterocycles. The van der Waals surface area contributed by atoms with Crippen LogP contribution in [-0.4, -0.2) is 31.2 Å². The first-order valence-electron chi connectivity index (χ1n) is 13.1. The van der Waals surface area contributed by atoms with Crippen LogP contribution >= 0.6 is 23.2 Å². The highest BCUT2D eigenvalue weighted by Crippen LogP contribution is 2.43. The average Bonchev–Trinajstić information content (AvgIpc) is 3.01. The molecule has 1 fully saturated rings. The molecule has 5 rings (SSSR count). The molecule has 36 heavy (non-hydrogen) atoms. The van der Waals surface area contributed by atoms with Gasteiger partial charge in [-0.3, -0.25) is 4.39 Å². The fourth-order valence-electron chi connectivity index (χ4n) is 6.08. The number of fused-ring (bicyclic) bond motifs is 1. The second-order valence-corrected chi connectivity index (χ2v) is 11.3. The Morgan fingerprint density at radius 2 is 1.67 bits per heavy atom. The third-order valence-electron chi connectivity index (χ3n) is 7.84. The second kappa shape index (κ2) is 11.1. The highest BCUT2D eigenvalue weighted by molar-refractivity contribution is 6.36. The summed E-state index contributed by atoms with van der Waals surface area (Å²) in [5, 5.41) is 1.37. The second-order valence-electron chi connectivity index (χ2n) is 10.4. The minimum atomic E-state index is -0.219. The first kappa shape index (κ1) is 25.5. The molecule has 1 aliphatic carbocycles. The summed E-state index contributed by atoms with van der Waals surface area (Å²) in [7, 11) is 0. The first-order valence-corrected chi connectivity index (χ1v) is 13.9. The molecule has 0 N–H and O–H groups in total. The number of hydrogen-bond acceptors (Lipinski definition) is 1. The lowest BCUT2D eigenvalue weighted by molar-refractivity contribution is 0.0966. The quantitative estimate of drug-likeness (QED) is 0.300. The van der Waals surface area contributed by atoms with Crippen molar-refractivity contribution in [3.05, 3.63) is 104 Å². The van der Waals surface area contributed by atoms with Crippen LogP contribution in [0, 0.1) is 19.8 Å². The molecule has 1 aliphatic heterocycles. The average molecular weight is 523 g/mol. The maximum absolute atomic E-state index is 12.5. The monoisotopic (exact) mass is 521 g/mol. The Kier molecular flexibility index (Phi) is 7.86. The van der Waals surface area contributed by atoms with Crippen LogP contribution in [0.3, 0.4) is 0 Å². The third-order valence-corrected chi connectivity index (χ3v) is 8.38. The van der Waals surface area contributed by atoms with Crippen LogP contribution in [0.5, 0.6) is 0 Å². The predicted octanol–water partition coefficient (Wildman–Crippen LogP) is 8.74. The Hall–Kier alpha value is -2.13. The van der Waals surface area contributed by atoms with Gasteiger partial charge in [-0.2, -0.15) is 0 Å². The van der Waals surface area contributed by atoms with E-state index in [1.54, 1.807) is 0 Å². The van der Waals surface area contributed by atoms with Crippen molar-refractivity contribution in [2.45, 2.75) is 46.0 Å². The molecule has 3 aromatic carbocycles. The summed E-state index contributed by atoms with van der Waals surface area (Å²) in [4.78, 5) is 2.37. The molecule has 1 nitrogen and oxygen atoms in total. The summed E-state index contributed by atoms with van der Waals surface area (Å²) in [5.41, 5.74) is 11.8. The summed E-state index contributed by atoms with van der Waals surface area (Å²) >= 11 is 13.0. The number of allylic oxidation sites excluding steroid dienone is 1. The zero-order valence-electron chi connectivity index (χ0n) is 21.2. The van der Waals surface area contributed by atoms with Crippen LogP contribution in [0.15, 0.2) is 54.6 Å². The highest BCUT2D eigenvalue weighted by Gasteiger charge is 2.28. The molecule has 2 aliphatic rings. The number of rotatable bonds is 7. The van der Waals surface area contributed by atoms with Crippen molar-refractivity contribution in [2.24, 2.45) is 5.92 Å². The molecule has 0 amide bonds. The number of hydrogen-bond donors (Lipinski definition) is 0. The normalized spacial score (nSPS) is 16.6. The molecule has 0 bridgehead atoms. The maximum Gasteiger partial charge on any atom is 0.0906 e. The summed E-state index contributed by atoms with van der Waals surface area (Å²) < 4.78 is 12.5. The smallest absolute Gasteiger partial charge is 0.0906 e. The van der Waals surface area contributed by atoms with E-state index >= 15 is 0 Å². The van der Waals surface area contributed by atoms with Crippen LogP contribution in [-0.2, 0) is 12.8 Å². The minimum Gasteiger partial charge on any atom is -0.303 e. The topological polar surface area (TPSA) is 3.24 Å². The molecule has 188 valence electrons. The van der Waals surface area contributed by atoms with Gasteiger partial charge in [0.25, 0.3) is 0 Å². The van der Waals surface area contributed by atoms with Gasteiger partial charge in [-0.05, 0) is 114 Å². The number of nitrogens with zero attached hydrogens (tertiary/aromatic N) is 1. The van der Waals surface area contributed by atoms with Gasteiger partial charge in [0, 0.05) is 29.7 Å². The van der Waals surface area contributed by atoms with Crippen molar-refractivity contribution in [2.75, 3.05) is 26.3 Å². The lowest BCUT2D eigenvalue weighted by Crippen LogP contribution is -2.48. The first-order chi connectivity index (χ1) is 17.4. The Labute approximate surface area is 224 Å². The Bertz CT molecular complexity index is 1270. The van der Waals surface area contributed by atoms with E-state index in [0.717, 1.165) is 50.9 Å². The number of aryl methyl sites for hydroxylation is 3. The minimum absolute atomic E-state index is 0.219. The number of benzene rings is 3. The van der Waals surface area contributed by atoms with Gasteiger partial charge in [0.2, 0.25) is 0 Å². The van der Waals surface area contributed by atoms with Crippen molar-refractivity contribution < 1.29 is 4.39 Å². The molecular formula is C32H34Cl2FN. The SMILES string of the molecule is Cc1cc(C2=C(c3ccc(Cl)cc3Cl)CCCc3ccccc32)cc(C)c1CC1CN(CCCF)C1. The van der Waals surface area contributed by atoms with Gasteiger partial charge in [-0.1, -0.05) is 65.7 Å². The highest BCUT2D eigenvalue weighted by atomic mass is 35.5. The lowest BCUT2D eigenvalue weighted by atomic mass is 9.83. The number of halogens is 3. The molecule has 4 heteroatoms. The van der Waals surface area contributed by atoms with Crippen molar-refractivity contribution in [1.29, 1.82) is 0 Å². The van der Waals surface area contributed by atoms with Gasteiger partial charge in [-0.25, -0.2) is 0 Å². The van der Waals surface area contributed by atoms with Gasteiger partial charge < -0.3 is 4.90 Å². The van der Waals surface area contributed by atoms with Crippen LogP contribution < -0.4 is 0 Å². The van der Waals surface area contributed by atoms with E-state index in [-0.39, 0.29) is 6.67 Å². The zero-order chi connectivity index (χ0) is 25.2. The summed E-state index contributed by atoms with van der Waals surface area (Å²) in [6.45, 7) is 7.33. The van der Waals surface area contributed by atoms with Gasteiger partial charge in [-0.15, -0.1) is 0 Å². The Morgan fingerprint density at radius 3 is 2.39 bits per heavy atom. The Balaban J connectivity index is 1.55. The number of alkyl halides is 1. The molecular weight excluding hydrogens is 488 g/mol. The van der Waals surface area contributed by atoms with E-state index < -0.39 is 0 Å². The fourth-order valence-corrected chi connectivity index (χ4v) is 6.60. The van der Waals surface area contributed by atoms with Crippen molar-refractivity contribution in [1.82, 2.24) is 4.90 Å². The molecule has 0 spiro atoms. The Morgan fingerprint density at radius 1 is 0.917 bits per heavy atom. The molecule has 0 aromatic heterocycles. The summed E-state index contributed by atoms with van der Waals surface area (Å²) in [5.74, 6) is 0.661.